The summed E-state index contributed by atoms with van der Waals surface area (Å²) in [5.41, 5.74) is 6.77. The van der Waals surface area contributed by atoms with Crippen molar-refractivity contribution in [2.24, 2.45) is 11.7 Å². The van der Waals surface area contributed by atoms with E-state index in [2.05, 4.69) is 6.92 Å². The van der Waals surface area contributed by atoms with E-state index in [1.807, 2.05) is 17.9 Å². The Kier molecular flexibility index (Phi) is 5.73. The minimum atomic E-state index is -0.0309. The van der Waals surface area contributed by atoms with Gasteiger partial charge in [0.25, 0.3) is 5.91 Å². The number of amides is 1. The van der Waals surface area contributed by atoms with Crippen LogP contribution < -0.4 is 5.73 Å². The summed E-state index contributed by atoms with van der Waals surface area (Å²) in [6.45, 7) is 7.53. The van der Waals surface area contributed by atoms with Crippen LogP contribution in [0.1, 0.15) is 40.0 Å². The van der Waals surface area contributed by atoms with Crippen LogP contribution in [0.4, 0.5) is 0 Å². The van der Waals surface area contributed by atoms with Crippen LogP contribution in [0.3, 0.4) is 0 Å². The van der Waals surface area contributed by atoms with Gasteiger partial charge < -0.3 is 10.6 Å². The van der Waals surface area contributed by atoms with Crippen molar-refractivity contribution in [3.05, 3.63) is 22.4 Å². The molecule has 0 radical (unpaired) electrons. The van der Waals surface area contributed by atoms with E-state index in [0.717, 1.165) is 32.4 Å². The van der Waals surface area contributed by atoms with Crippen molar-refractivity contribution >= 4 is 17.5 Å². The van der Waals surface area contributed by atoms with E-state index in [0.29, 0.717) is 22.2 Å². The number of hydrogen-bond donors (Lipinski definition) is 1. The molecule has 4 heteroatoms. The molecule has 1 rings (SSSR count). The number of hydrogen-bond acceptors (Lipinski definition) is 2. The first kappa shape index (κ1) is 15.1. The third-order valence-electron chi connectivity index (χ3n) is 3.30. The number of likely N-dealkylation sites (tertiary alicyclic amines) is 1. The summed E-state index contributed by atoms with van der Waals surface area (Å²) in [6.07, 6.45) is 4.73. The highest BCUT2D eigenvalue weighted by atomic mass is 35.5. The standard InChI is InChI=1S/C14H23ClN2O/c1-4-5-12(15)13(11(3)16)14(18)17-8-6-10(2)7-9-17/h5,10H,4,6-9,16H2,1-3H3/b12-5+,13-11-. The number of carbonyl (C=O) groups excluding carboxylic acids is 1. The molecule has 2 N–H and O–H groups in total. The van der Waals surface area contributed by atoms with Crippen molar-refractivity contribution in [1.29, 1.82) is 0 Å². The predicted octanol–water partition coefficient (Wildman–Crippen LogP) is 3.01. The lowest BCUT2D eigenvalue weighted by atomic mass is 9.98. The summed E-state index contributed by atoms with van der Waals surface area (Å²) >= 11 is 6.16. The first-order chi connectivity index (χ1) is 8.47. The Hall–Kier alpha value is -0.960. The van der Waals surface area contributed by atoms with Gasteiger partial charge in [0.1, 0.15) is 0 Å². The first-order valence-corrected chi connectivity index (χ1v) is 6.96. The van der Waals surface area contributed by atoms with Gasteiger partial charge in [0.2, 0.25) is 0 Å². The quantitative estimate of drug-likeness (QED) is 0.633. The SMILES string of the molecule is CC/C=C(Cl)\C(C(=O)N1CCC(C)CC1)=C(/C)N. The maximum absolute atomic E-state index is 12.4. The monoisotopic (exact) mass is 270 g/mol. The van der Waals surface area contributed by atoms with Crippen molar-refractivity contribution in [2.75, 3.05) is 13.1 Å². The number of carbonyl (C=O) groups is 1. The molecule has 0 aromatic rings. The van der Waals surface area contributed by atoms with Gasteiger partial charge in [0, 0.05) is 18.8 Å². The fourth-order valence-corrected chi connectivity index (χ4v) is 2.49. The van der Waals surface area contributed by atoms with Gasteiger partial charge in [-0.25, -0.2) is 0 Å². The number of halogens is 1. The zero-order chi connectivity index (χ0) is 13.7. The lowest BCUT2D eigenvalue weighted by Gasteiger charge is -2.31. The fraction of sp³-hybridized carbons (Fsp3) is 0.643. The Morgan fingerprint density at radius 3 is 2.44 bits per heavy atom. The number of rotatable bonds is 3. The van der Waals surface area contributed by atoms with E-state index in [1.165, 1.54) is 0 Å². The van der Waals surface area contributed by atoms with Crippen molar-refractivity contribution in [1.82, 2.24) is 4.90 Å². The van der Waals surface area contributed by atoms with Gasteiger partial charge in [0.15, 0.2) is 0 Å². The minimum Gasteiger partial charge on any atom is -0.402 e. The molecule has 1 aliphatic rings. The van der Waals surface area contributed by atoms with E-state index in [4.69, 9.17) is 17.3 Å². The molecule has 0 aromatic carbocycles. The topological polar surface area (TPSA) is 46.3 Å². The molecule has 1 amide bonds. The van der Waals surface area contributed by atoms with Gasteiger partial charge in [0.05, 0.1) is 10.6 Å². The predicted molar refractivity (Wildman–Crippen MR) is 76.1 cm³/mol. The van der Waals surface area contributed by atoms with E-state index < -0.39 is 0 Å². The van der Waals surface area contributed by atoms with Gasteiger partial charge in [-0.15, -0.1) is 0 Å². The normalized spacial score (nSPS) is 19.8. The van der Waals surface area contributed by atoms with Crippen LogP contribution in [0.5, 0.6) is 0 Å². The zero-order valence-electron chi connectivity index (χ0n) is 11.5. The van der Waals surface area contributed by atoms with Gasteiger partial charge in [-0.3, -0.25) is 4.79 Å². The summed E-state index contributed by atoms with van der Waals surface area (Å²) in [7, 11) is 0. The van der Waals surface area contributed by atoms with Gasteiger partial charge in [-0.05, 0) is 32.1 Å². The minimum absolute atomic E-state index is 0.0309. The molecule has 1 aliphatic heterocycles. The molecule has 0 spiro atoms. The molecular weight excluding hydrogens is 248 g/mol. The molecular formula is C14H23ClN2O. The van der Waals surface area contributed by atoms with Gasteiger partial charge >= 0.3 is 0 Å². The van der Waals surface area contributed by atoms with E-state index in [9.17, 15) is 4.79 Å². The van der Waals surface area contributed by atoms with Crippen molar-refractivity contribution < 1.29 is 4.79 Å². The molecule has 1 saturated heterocycles. The second-order valence-corrected chi connectivity index (χ2v) is 5.40. The van der Waals surface area contributed by atoms with Gasteiger partial charge in [-0.2, -0.15) is 0 Å². The Morgan fingerprint density at radius 1 is 1.44 bits per heavy atom. The molecule has 0 aliphatic carbocycles. The third-order valence-corrected chi connectivity index (χ3v) is 3.64. The number of allylic oxidation sites excluding steroid dienone is 2. The number of nitrogens with zero attached hydrogens (tertiary/aromatic N) is 1. The molecule has 0 aromatic heterocycles. The molecule has 0 unspecified atom stereocenters. The smallest absolute Gasteiger partial charge is 0.257 e. The van der Waals surface area contributed by atoms with Crippen LogP contribution in [-0.2, 0) is 4.79 Å². The highest BCUT2D eigenvalue weighted by Gasteiger charge is 2.25. The largest absolute Gasteiger partial charge is 0.402 e. The van der Waals surface area contributed by atoms with Crippen LogP contribution in [0.15, 0.2) is 22.4 Å². The molecule has 0 atom stereocenters. The van der Waals surface area contributed by atoms with Crippen molar-refractivity contribution in [2.45, 2.75) is 40.0 Å². The second kappa shape index (κ2) is 6.83. The summed E-state index contributed by atoms with van der Waals surface area (Å²) < 4.78 is 0. The summed E-state index contributed by atoms with van der Waals surface area (Å²) in [4.78, 5) is 14.3. The second-order valence-electron chi connectivity index (χ2n) is 4.99. The Labute approximate surface area is 115 Å². The van der Waals surface area contributed by atoms with Crippen LogP contribution in [0, 0.1) is 5.92 Å². The van der Waals surface area contributed by atoms with E-state index >= 15 is 0 Å². The summed E-state index contributed by atoms with van der Waals surface area (Å²) in [5, 5.41) is 0.473. The molecule has 102 valence electrons. The molecule has 1 fully saturated rings. The van der Waals surface area contributed by atoms with Crippen LogP contribution >= 0.6 is 11.6 Å². The molecule has 0 saturated carbocycles. The van der Waals surface area contributed by atoms with Crippen LogP contribution in [-0.4, -0.2) is 23.9 Å². The molecule has 18 heavy (non-hydrogen) atoms. The number of piperidine rings is 1. The fourth-order valence-electron chi connectivity index (χ4n) is 2.11. The highest BCUT2D eigenvalue weighted by Crippen LogP contribution is 2.23. The Balaban J connectivity index is 2.86. The van der Waals surface area contributed by atoms with E-state index in [1.54, 1.807) is 6.92 Å². The number of nitrogens with two attached hydrogens (primary N) is 1. The maximum atomic E-state index is 12.4. The third kappa shape index (κ3) is 3.77. The van der Waals surface area contributed by atoms with Crippen LogP contribution in [0.2, 0.25) is 0 Å². The lowest BCUT2D eigenvalue weighted by molar-refractivity contribution is -0.128. The Bertz CT molecular complexity index is 362. The Morgan fingerprint density at radius 2 is 2.00 bits per heavy atom. The molecule has 3 nitrogen and oxygen atoms in total. The summed E-state index contributed by atoms with van der Waals surface area (Å²) in [5.74, 6) is 0.665. The average Bonchev–Trinajstić information content (AvgIpc) is 2.29. The molecule has 1 heterocycles. The average molecular weight is 271 g/mol. The highest BCUT2D eigenvalue weighted by molar-refractivity contribution is 6.35. The zero-order valence-corrected chi connectivity index (χ0v) is 12.3. The van der Waals surface area contributed by atoms with Crippen molar-refractivity contribution in [3.8, 4) is 0 Å². The molecule has 0 bridgehead atoms. The maximum Gasteiger partial charge on any atom is 0.257 e. The van der Waals surface area contributed by atoms with Crippen LogP contribution in [0.25, 0.3) is 0 Å². The van der Waals surface area contributed by atoms with Gasteiger partial charge in [-0.1, -0.05) is 31.5 Å². The van der Waals surface area contributed by atoms with Crippen molar-refractivity contribution in [3.63, 3.8) is 0 Å². The lowest BCUT2D eigenvalue weighted by Crippen LogP contribution is -2.39. The summed E-state index contributed by atoms with van der Waals surface area (Å²) in [6, 6.07) is 0. The first-order valence-electron chi connectivity index (χ1n) is 6.59. The van der Waals surface area contributed by atoms with E-state index in [-0.39, 0.29) is 5.91 Å².